The Labute approximate surface area is 95.9 Å². The molecule has 0 fully saturated rings. The predicted molar refractivity (Wildman–Crippen MR) is 65.5 cm³/mol. The standard InChI is InChI=1S/C12H10O2.C2H6/c1-9(13)10-4-2-5-11(8-10)12-6-3-7-14-12;1-2/h2-8H,1H3;1-2H3. The van der Waals surface area contributed by atoms with E-state index < -0.39 is 0 Å². The number of rotatable bonds is 2. The van der Waals surface area contributed by atoms with Gasteiger partial charge in [0, 0.05) is 11.1 Å². The number of ketones is 1. The SMILES string of the molecule is CC.CC(=O)c1cccc(-c2ccco2)c1. The first-order valence-electron chi connectivity index (χ1n) is 5.42. The molecule has 2 rings (SSSR count). The van der Waals surface area contributed by atoms with Gasteiger partial charge in [0.05, 0.1) is 6.26 Å². The first-order valence-corrected chi connectivity index (χ1v) is 5.42. The molecule has 0 bridgehead atoms. The van der Waals surface area contributed by atoms with E-state index in [1.807, 2.05) is 44.2 Å². The van der Waals surface area contributed by atoms with Gasteiger partial charge in [0.2, 0.25) is 0 Å². The number of carbonyl (C=O) groups is 1. The zero-order valence-corrected chi connectivity index (χ0v) is 9.86. The van der Waals surface area contributed by atoms with Gasteiger partial charge in [-0.05, 0) is 25.1 Å². The van der Waals surface area contributed by atoms with Crippen LogP contribution in [-0.2, 0) is 0 Å². The van der Waals surface area contributed by atoms with Crippen molar-refractivity contribution in [3.8, 4) is 11.3 Å². The Balaban J connectivity index is 0.000000606. The Morgan fingerprint density at radius 1 is 1.12 bits per heavy atom. The van der Waals surface area contributed by atoms with Crippen molar-refractivity contribution >= 4 is 5.78 Å². The average Bonchev–Trinajstić information content (AvgIpc) is 2.85. The highest BCUT2D eigenvalue weighted by molar-refractivity contribution is 5.95. The molecule has 2 nitrogen and oxygen atoms in total. The molecule has 0 radical (unpaired) electrons. The maximum absolute atomic E-state index is 11.1. The molecule has 0 amide bonds. The summed E-state index contributed by atoms with van der Waals surface area (Å²) in [6, 6.07) is 11.1. The molecule has 1 aromatic heterocycles. The molecule has 0 N–H and O–H groups in total. The summed E-state index contributed by atoms with van der Waals surface area (Å²) in [5, 5.41) is 0. The highest BCUT2D eigenvalue weighted by Gasteiger charge is 2.03. The van der Waals surface area contributed by atoms with Gasteiger partial charge in [-0.2, -0.15) is 0 Å². The van der Waals surface area contributed by atoms with E-state index in [4.69, 9.17) is 4.42 Å². The van der Waals surface area contributed by atoms with Gasteiger partial charge in [0.1, 0.15) is 5.76 Å². The zero-order valence-electron chi connectivity index (χ0n) is 9.86. The molecule has 2 aromatic rings. The molecule has 16 heavy (non-hydrogen) atoms. The molecule has 1 heterocycles. The molecule has 0 saturated carbocycles. The lowest BCUT2D eigenvalue weighted by molar-refractivity contribution is 0.101. The fraction of sp³-hybridized carbons (Fsp3) is 0.214. The Hall–Kier alpha value is -1.83. The smallest absolute Gasteiger partial charge is 0.159 e. The van der Waals surface area contributed by atoms with Crippen LogP contribution >= 0.6 is 0 Å². The lowest BCUT2D eigenvalue weighted by Crippen LogP contribution is -1.91. The molecule has 0 aliphatic carbocycles. The third-order valence-electron chi connectivity index (χ3n) is 2.07. The van der Waals surface area contributed by atoms with Gasteiger partial charge in [-0.25, -0.2) is 0 Å². The van der Waals surface area contributed by atoms with Crippen molar-refractivity contribution in [3.63, 3.8) is 0 Å². The van der Waals surface area contributed by atoms with Crippen molar-refractivity contribution in [3.05, 3.63) is 48.2 Å². The van der Waals surface area contributed by atoms with Crippen molar-refractivity contribution in [2.45, 2.75) is 20.8 Å². The maximum Gasteiger partial charge on any atom is 0.159 e. The van der Waals surface area contributed by atoms with Crippen molar-refractivity contribution in [2.24, 2.45) is 0 Å². The fourth-order valence-corrected chi connectivity index (χ4v) is 1.33. The van der Waals surface area contributed by atoms with E-state index >= 15 is 0 Å². The van der Waals surface area contributed by atoms with E-state index in [0.29, 0.717) is 5.56 Å². The Morgan fingerprint density at radius 2 is 1.88 bits per heavy atom. The minimum atomic E-state index is 0.0680. The topological polar surface area (TPSA) is 30.2 Å². The van der Waals surface area contributed by atoms with E-state index in [2.05, 4.69) is 0 Å². The van der Waals surface area contributed by atoms with Crippen LogP contribution in [0.2, 0.25) is 0 Å². The van der Waals surface area contributed by atoms with Crippen LogP contribution in [0, 0.1) is 0 Å². The molecular weight excluding hydrogens is 200 g/mol. The zero-order chi connectivity index (χ0) is 12.0. The van der Waals surface area contributed by atoms with Crippen LogP contribution in [0.3, 0.4) is 0 Å². The molecule has 0 unspecified atom stereocenters. The van der Waals surface area contributed by atoms with Gasteiger partial charge in [-0.3, -0.25) is 4.79 Å². The van der Waals surface area contributed by atoms with E-state index in [0.717, 1.165) is 11.3 Å². The molecule has 1 aromatic carbocycles. The van der Waals surface area contributed by atoms with Gasteiger partial charge >= 0.3 is 0 Å². The highest BCUT2D eigenvalue weighted by Crippen LogP contribution is 2.20. The summed E-state index contributed by atoms with van der Waals surface area (Å²) in [6.07, 6.45) is 1.62. The van der Waals surface area contributed by atoms with E-state index in [-0.39, 0.29) is 5.78 Å². The van der Waals surface area contributed by atoms with Crippen LogP contribution < -0.4 is 0 Å². The summed E-state index contributed by atoms with van der Waals surface area (Å²) in [5.74, 6) is 0.853. The summed E-state index contributed by atoms with van der Waals surface area (Å²) in [6.45, 7) is 5.56. The molecule has 0 spiro atoms. The minimum Gasteiger partial charge on any atom is -0.464 e. The molecule has 0 saturated heterocycles. The quantitative estimate of drug-likeness (QED) is 0.705. The normalized spacial score (nSPS) is 9.19. The van der Waals surface area contributed by atoms with Crippen LogP contribution in [-0.4, -0.2) is 5.78 Å². The van der Waals surface area contributed by atoms with Crippen LogP contribution in [0.15, 0.2) is 47.1 Å². The molecule has 84 valence electrons. The van der Waals surface area contributed by atoms with E-state index in [9.17, 15) is 4.79 Å². The summed E-state index contributed by atoms with van der Waals surface area (Å²) in [5.41, 5.74) is 1.64. The number of Topliss-reactive ketones (excluding diaryl/α,β-unsaturated/α-hetero) is 1. The van der Waals surface area contributed by atoms with Gasteiger partial charge < -0.3 is 4.42 Å². The Kier molecular flexibility index (Phi) is 4.52. The monoisotopic (exact) mass is 216 g/mol. The second-order valence-electron chi connectivity index (χ2n) is 3.11. The van der Waals surface area contributed by atoms with Crippen LogP contribution in [0.25, 0.3) is 11.3 Å². The summed E-state index contributed by atoms with van der Waals surface area (Å²) in [7, 11) is 0. The fourth-order valence-electron chi connectivity index (χ4n) is 1.33. The molecule has 2 heteroatoms. The second kappa shape index (κ2) is 5.91. The highest BCUT2D eigenvalue weighted by atomic mass is 16.3. The Morgan fingerprint density at radius 3 is 2.44 bits per heavy atom. The number of carbonyl (C=O) groups excluding carboxylic acids is 1. The van der Waals surface area contributed by atoms with Crippen LogP contribution in [0.4, 0.5) is 0 Å². The van der Waals surface area contributed by atoms with Crippen molar-refractivity contribution in [2.75, 3.05) is 0 Å². The van der Waals surface area contributed by atoms with Crippen molar-refractivity contribution in [1.29, 1.82) is 0 Å². The summed E-state index contributed by atoms with van der Waals surface area (Å²) >= 11 is 0. The predicted octanol–water partition coefficient (Wildman–Crippen LogP) is 4.18. The second-order valence-corrected chi connectivity index (χ2v) is 3.11. The van der Waals surface area contributed by atoms with E-state index in [1.54, 1.807) is 19.3 Å². The summed E-state index contributed by atoms with van der Waals surface area (Å²) < 4.78 is 5.24. The maximum atomic E-state index is 11.1. The van der Waals surface area contributed by atoms with Gasteiger partial charge in [0.25, 0.3) is 0 Å². The van der Waals surface area contributed by atoms with Crippen LogP contribution in [0.5, 0.6) is 0 Å². The van der Waals surface area contributed by atoms with Crippen LogP contribution in [0.1, 0.15) is 31.1 Å². The lowest BCUT2D eigenvalue weighted by Gasteiger charge is -1.99. The minimum absolute atomic E-state index is 0.0680. The average molecular weight is 216 g/mol. The van der Waals surface area contributed by atoms with E-state index in [1.165, 1.54) is 0 Å². The first-order chi connectivity index (χ1) is 7.77. The first kappa shape index (κ1) is 12.2. The number of hydrogen-bond donors (Lipinski definition) is 0. The molecular formula is C14H16O2. The van der Waals surface area contributed by atoms with Gasteiger partial charge in [-0.15, -0.1) is 0 Å². The van der Waals surface area contributed by atoms with Crippen molar-refractivity contribution in [1.82, 2.24) is 0 Å². The molecule has 0 aliphatic heterocycles. The Bertz CT molecular complexity index is 442. The third-order valence-corrected chi connectivity index (χ3v) is 2.07. The largest absolute Gasteiger partial charge is 0.464 e. The molecule has 0 atom stereocenters. The van der Waals surface area contributed by atoms with Gasteiger partial charge in [-0.1, -0.05) is 32.0 Å². The number of hydrogen-bond acceptors (Lipinski definition) is 2. The summed E-state index contributed by atoms with van der Waals surface area (Å²) in [4.78, 5) is 11.1. The number of benzene rings is 1. The number of furan rings is 1. The van der Waals surface area contributed by atoms with Gasteiger partial charge in [0.15, 0.2) is 5.78 Å². The van der Waals surface area contributed by atoms with Crippen molar-refractivity contribution < 1.29 is 9.21 Å². The third kappa shape index (κ3) is 2.83. The lowest BCUT2D eigenvalue weighted by atomic mass is 10.1. The molecule has 0 aliphatic rings.